The summed E-state index contributed by atoms with van der Waals surface area (Å²) in [4.78, 5) is 17.3. The number of rotatable bonds is 6. The van der Waals surface area contributed by atoms with Crippen molar-refractivity contribution in [3.8, 4) is 11.3 Å². The summed E-state index contributed by atoms with van der Waals surface area (Å²) in [6.45, 7) is 0.490. The molecule has 0 aliphatic carbocycles. The van der Waals surface area contributed by atoms with Crippen molar-refractivity contribution in [2.24, 2.45) is 0 Å². The topological polar surface area (TPSA) is 83.3 Å². The van der Waals surface area contributed by atoms with Crippen molar-refractivity contribution in [1.82, 2.24) is 14.6 Å². The maximum Gasteiger partial charge on any atom is 0.323 e. The third-order valence-corrected chi connectivity index (χ3v) is 6.70. The van der Waals surface area contributed by atoms with Crippen LogP contribution in [0.25, 0.3) is 16.9 Å². The van der Waals surface area contributed by atoms with E-state index in [0.717, 1.165) is 33.7 Å². The number of carbonyl (C=O) groups is 1. The van der Waals surface area contributed by atoms with E-state index in [2.05, 4.69) is 21.0 Å². The smallest absolute Gasteiger partial charge is 0.323 e. The highest BCUT2D eigenvalue weighted by atomic mass is 35.5. The highest BCUT2D eigenvalue weighted by Gasteiger charge is 2.13. The molecule has 2 aromatic heterocycles. The molecule has 184 valence electrons. The molecule has 37 heavy (non-hydrogen) atoms. The van der Waals surface area contributed by atoms with Crippen LogP contribution in [-0.2, 0) is 6.54 Å². The minimum absolute atomic E-state index is 0.364. The molecule has 0 fully saturated rings. The highest BCUT2D eigenvalue weighted by Crippen LogP contribution is 2.29. The molecule has 0 atom stereocenters. The van der Waals surface area contributed by atoms with E-state index in [-0.39, 0.29) is 0 Å². The average molecular weight is 550 g/mol. The quantitative estimate of drug-likeness (QED) is 0.231. The number of urea groups is 1. The summed E-state index contributed by atoms with van der Waals surface area (Å²) in [5, 5.41) is 14.9. The van der Waals surface area contributed by atoms with Crippen LogP contribution < -0.4 is 21.4 Å². The molecular formula is C26H20BCl3N6O. The molecule has 3 aromatic carbocycles. The number of hydrogen-bond donors (Lipinski definition) is 3. The zero-order chi connectivity index (χ0) is 25.9. The van der Waals surface area contributed by atoms with E-state index < -0.39 is 6.03 Å². The van der Waals surface area contributed by atoms with Gasteiger partial charge in [-0.25, -0.2) is 9.78 Å². The number of fused-ring (bicyclic) bond motifs is 1. The minimum Gasteiger partial charge on any atom is -0.366 e. The van der Waals surface area contributed by atoms with Crippen LogP contribution >= 0.6 is 34.8 Å². The zero-order valence-electron chi connectivity index (χ0n) is 19.6. The molecule has 0 aliphatic heterocycles. The van der Waals surface area contributed by atoms with Gasteiger partial charge in [0.05, 0.1) is 15.7 Å². The molecule has 0 aliphatic rings. The third kappa shape index (κ3) is 5.67. The number of benzene rings is 3. The zero-order valence-corrected chi connectivity index (χ0v) is 21.9. The van der Waals surface area contributed by atoms with Crippen LogP contribution in [0.15, 0.2) is 79.0 Å². The molecule has 0 bridgehead atoms. The summed E-state index contributed by atoms with van der Waals surface area (Å²) in [5.74, 6) is 0.767. The van der Waals surface area contributed by atoms with Crippen LogP contribution in [0.3, 0.4) is 0 Å². The fourth-order valence-corrected chi connectivity index (χ4v) is 4.36. The third-order valence-electron chi connectivity index (χ3n) is 5.63. The first-order chi connectivity index (χ1) is 17.9. The SMILES string of the molecule is Bc1cnn2c(NCc3cccc(NC(=O)Nc4ccc(Cl)c(Cl)c4)c3)cc(-c3ccccc3Cl)nc12. The van der Waals surface area contributed by atoms with Crippen molar-refractivity contribution in [3.63, 3.8) is 0 Å². The van der Waals surface area contributed by atoms with Crippen molar-refractivity contribution < 1.29 is 4.79 Å². The molecule has 0 radical (unpaired) electrons. The summed E-state index contributed by atoms with van der Waals surface area (Å²) in [6.07, 6.45) is 1.78. The maximum atomic E-state index is 12.5. The van der Waals surface area contributed by atoms with E-state index in [1.807, 2.05) is 62.4 Å². The van der Waals surface area contributed by atoms with Gasteiger partial charge in [0.1, 0.15) is 13.7 Å². The van der Waals surface area contributed by atoms with Gasteiger partial charge in [-0.3, -0.25) is 0 Å². The molecule has 11 heteroatoms. The van der Waals surface area contributed by atoms with Gasteiger partial charge in [-0.2, -0.15) is 9.61 Å². The Morgan fingerprint density at radius 1 is 0.865 bits per heavy atom. The van der Waals surface area contributed by atoms with Crippen molar-refractivity contribution in [2.45, 2.75) is 6.54 Å². The molecule has 0 spiro atoms. The molecule has 0 saturated heterocycles. The Bertz CT molecular complexity index is 1620. The van der Waals surface area contributed by atoms with Crippen LogP contribution in [0.4, 0.5) is 22.0 Å². The fourth-order valence-electron chi connectivity index (χ4n) is 3.82. The first kappa shape index (κ1) is 25.0. The lowest BCUT2D eigenvalue weighted by molar-refractivity contribution is 0.262. The van der Waals surface area contributed by atoms with E-state index in [1.54, 1.807) is 28.9 Å². The van der Waals surface area contributed by atoms with Gasteiger partial charge in [-0.15, -0.1) is 0 Å². The Labute approximate surface area is 229 Å². The van der Waals surface area contributed by atoms with E-state index in [9.17, 15) is 4.79 Å². The molecule has 5 aromatic rings. The normalized spacial score (nSPS) is 10.9. The van der Waals surface area contributed by atoms with Crippen LogP contribution in [0.1, 0.15) is 5.56 Å². The van der Waals surface area contributed by atoms with E-state index in [4.69, 9.17) is 39.8 Å². The van der Waals surface area contributed by atoms with Crippen molar-refractivity contribution in [2.75, 3.05) is 16.0 Å². The van der Waals surface area contributed by atoms with Gasteiger partial charge < -0.3 is 16.0 Å². The fraction of sp³-hybridized carbons (Fsp3) is 0.0385. The number of amides is 2. The lowest BCUT2D eigenvalue weighted by Crippen LogP contribution is -2.19. The Morgan fingerprint density at radius 2 is 1.65 bits per heavy atom. The van der Waals surface area contributed by atoms with E-state index in [0.29, 0.717) is 33.0 Å². The molecule has 2 amide bonds. The van der Waals surface area contributed by atoms with Gasteiger partial charge in [-0.1, -0.05) is 65.1 Å². The minimum atomic E-state index is -0.393. The van der Waals surface area contributed by atoms with E-state index >= 15 is 0 Å². The molecule has 0 unspecified atom stereocenters. The second kappa shape index (κ2) is 10.7. The average Bonchev–Trinajstić information content (AvgIpc) is 3.26. The second-order valence-electron chi connectivity index (χ2n) is 8.33. The van der Waals surface area contributed by atoms with Gasteiger partial charge in [0.25, 0.3) is 0 Å². The predicted molar refractivity (Wildman–Crippen MR) is 154 cm³/mol. The molecule has 0 saturated carbocycles. The molecule has 3 N–H and O–H groups in total. The first-order valence-corrected chi connectivity index (χ1v) is 12.5. The predicted octanol–water partition coefficient (Wildman–Crippen LogP) is 5.87. The number of hydrogen-bond acceptors (Lipinski definition) is 4. The van der Waals surface area contributed by atoms with Gasteiger partial charge in [-0.05, 0) is 47.4 Å². The van der Waals surface area contributed by atoms with Gasteiger partial charge in [0.15, 0.2) is 5.65 Å². The summed E-state index contributed by atoms with van der Waals surface area (Å²) < 4.78 is 1.77. The monoisotopic (exact) mass is 548 g/mol. The van der Waals surface area contributed by atoms with Gasteiger partial charge >= 0.3 is 6.03 Å². The van der Waals surface area contributed by atoms with Crippen LogP contribution in [0, 0.1) is 0 Å². The molecule has 7 nitrogen and oxygen atoms in total. The van der Waals surface area contributed by atoms with E-state index in [1.165, 1.54) is 0 Å². The Hall–Kier alpha value is -3.72. The lowest BCUT2D eigenvalue weighted by Gasteiger charge is -2.13. The van der Waals surface area contributed by atoms with Gasteiger partial charge in [0, 0.05) is 40.8 Å². The standard InChI is InChI=1S/C26H20BCl3N6O/c27-19-14-32-36-24(12-23(35-25(19)36)18-6-1-2-7-20(18)28)31-13-15-4-3-5-16(10-15)33-26(37)34-17-8-9-21(29)22(30)11-17/h1-12,14,31H,13,27H2,(H2,33,34,37). The summed E-state index contributed by atoms with van der Waals surface area (Å²) in [7, 11) is 1.97. The lowest BCUT2D eigenvalue weighted by atomic mass is 10.0. The number of nitrogens with one attached hydrogen (secondary N) is 3. The van der Waals surface area contributed by atoms with Crippen LogP contribution in [0.2, 0.25) is 15.1 Å². The summed E-state index contributed by atoms with van der Waals surface area (Å²) >= 11 is 18.4. The van der Waals surface area contributed by atoms with Crippen molar-refractivity contribution in [1.29, 1.82) is 0 Å². The first-order valence-electron chi connectivity index (χ1n) is 11.3. The maximum absolute atomic E-state index is 12.5. The van der Waals surface area contributed by atoms with Crippen LogP contribution in [0.5, 0.6) is 0 Å². The number of aromatic nitrogens is 3. The molecular weight excluding hydrogens is 529 g/mol. The van der Waals surface area contributed by atoms with Gasteiger partial charge in [0.2, 0.25) is 0 Å². The number of anilines is 3. The highest BCUT2D eigenvalue weighted by molar-refractivity contribution is 6.42. The van der Waals surface area contributed by atoms with Crippen molar-refractivity contribution >= 4 is 77.0 Å². The molecule has 5 rings (SSSR count). The number of halogens is 3. The number of carbonyl (C=O) groups excluding carboxylic acids is 1. The largest absolute Gasteiger partial charge is 0.366 e. The second-order valence-corrected chi connectivity index (χ2v) is 9.55. The summed E-state index contributed by atoms with van der Waals surface area (Å²) in [6, 6.07) is 21.6. The molecule has 2 heterocycles. The Balaban J connectivity index is 1.33. The van der Waals surface area contributed by atoms with Crippen molar-refractivity contribution in [3.05, 3.63) is 99.6 Å². The Kier molecular flexibility index (Phi) is 7.23. The summed E-state index contributed by atoms with van der Waals surface area (Å²) in [5.41, 5.74) is 5.43. The number of nitrogens with zero attached hydrogens (tertiary/aromatic N) is 3. The Morgan fingerprint density at radius 3 is 2.43 bits per heavy atom. The van der Waals surface area contributed by atoms with Crippen LogP contribution in [-0.4, -0.2) is 28.5 Å².